The number of hydrogen-bond donors (Lipinski definition) is 0. The molecule has 3 aliphatic rings. The van der Waals surface area contributed by atoms with Gasteiger partial charge in [-0.15, -0.1) is 0 Å². The lowest BCUT2D eigenvalue weighted by Crippen LogP contribution is -2.57. The molecule has 6 nitrogen and oxygen atoms in total. The normalized spacial score (nSPS) is 22.4. The molecule has 1 atom stereocenters. The average molecular weight is 600 g/mol. The Morgan fingerprint density at radius 3 is 2.33 bits per heavy atom. The van der Waals surface area contributed by atoms with E-state index in [-0.39, 0.29) is 17.5 Å². The first kappa shape index (κ1) is 30.0. The number of likely N-dealkylation sites (N-methyl/N-ethyl adjacent to an activating group) is 1. The predicted octanol–water partition coefficient (Wildman–Crippen LogP) is 6.27. The summed E-state index contributed by atoms with van der Waals surface area (Å²) in [5.41, 5.74) is 4.24. The first-order chi connectivity index (χ1) is 18.7. The molecule has 1 unspecified atom stereocenters. The van der Waals surface area contributed by atoms with Crippen LogP contribution >= 0.6 is 15.9 Å². The van der Waals surface area contributed by atoms with Crippen LogP contribution in [-0.4, -0.2) is 83.8 Å². The molecule has 0 spiro atoms. The SMILES string of the molecule is C=C/C(C)=C(/C(=O)N1CCC(C)(N2CCC(/C(=N/OCC)c3ccc(Br)cc3)CC2)CC1)C(C)N(C)C1CC1. The highest BCUT2D eigenvalue weighted by Crippen LogP contribution is 2.35. The van der Waals surface area contributed by atoms with Crippen molar-refractivity contribution in [3.63, 3.8) is 0 Å². The number of carbonyl (C=O) groups is 1. The summed E-state index contributed by atoms with van der Waals surface area (Å²) in [5.74, 6) is 0.582. The summed E-state index contributed by atoms with van der Waals surface area (Å²) in [5, 5.41) is 4.55. The third kappa shape index (κ3) is 7.04. The highest BCUT2D eigenvalue weighted by atomic mass is 79.9. The smallest absolute Gasteiger partial charge is 0.251 e. The molecule has 39 heavy (non-hydrogen) atoms. The number of oxime groups is 1. The zero-order valence-corrected chi connectivity index (χ0v) is 26.2. The van der Waals surface area contributed by atoms with Gasteiger partial charge in [-0.2, -0.15) is 0 Å². The molecule has 2 saturated heterocycles. The third-order valence-corrected chi connectivity index (χ3v) is 9.85. The zero-order valence-electron chi connectivity index (χ0n) is 24.6. The third-order valence-electron chi connectivity index (χ3n) is 9.32. The molecule has 1 aromatic rings. The summed E-state index contributed by atoms with van der Waals surface area (Å²) < 4.78 is 1.07. The molecule has 1 aromatic carbocycles. The van der Waals surface area contributed by atoms with Crippen LogP contribution in [-0.2, 0) is 9.63 Å². The molecule has 1 aliphatic carbocycles. The van der Waals surface area contributed by atoms with Gasteiger partial charge in [-0.1, -0.05) is 45.9 Å². The molecule has 0 bridgehead atoms. The van der Waals surface area contributed by atoms with Crippen molar-refractivity contribution in [3.05, 3.63) is 58.1 Å². The molecule has 214 valence electrons. The van der Waals surface area contributed by atoms with Crippen LogP contribution in [0.1, 0.15) is 71.8 Å². The Morgan fingerprint density at radius 1 is 1.18 bits per heavy atom. The van der Waals surface area contributed by atoms with Gasteiger partial charge in [0.15, 0.2) is 0 Å². The number of nitrogens with zero attached hydrogens (tertiary/aromatic N) is 4. The lowest BCUT2D eigenvalue weighted by molar-refractivity contribution is -0.130. The molecule has 1 saturated carbocycles. The summed E-state index contributed by atoms with van der Waals surface area (Å²) >= 11 is 3.54. The zero-order chi connectivity index (χ0) is 28.2. The number of amides is 1. The van der Waals surface area contributed by atoms with E-state index in [0.29, 0.717) is 18.6 Å². The van der Waals surface area contributed by atoms with E-state index in [4.69, 9.17) is 4.84 Å². The van der Waals surface area contributed by atoms with Gasteiger partial charge >= 0.3 is 0 Å². The highest BCUT2D eigenvalue weighted by Gasteiger charge is 2.41. The molecule has 0 N–H and O–H groups in total. The van der Waals surface area contributed by atoms with Crippen molar-refractivity contribution in [1.82, 2.24) is 14.7 Å². The quantitative estimate of drug-likeness (QED) is 0.138. The van der Waals surface area contributed by atoms with Gasteiger partial charge in [-0.3, -0.25) is 14.6 Å². The molecule has 0 radical (unpaired) electrons. The van der Waals surface area contributed by atoms with Crippen LogP contribution in [0.5, 0.6) is 0 Å². The second kappa shape index (κ2) is 13.1. The molecule has 2 heterocycles. The van der Waals surface area contributed by atoms with E-state index in [0.717, 1.165) is 78.8 Å². The lowest BCUT2D eigenvalue weighted by Gasteiger charge is -2.49. The summed E-state index contributed by atoms with van der Waals surface area (Å²) in [6.45, 7) is 16.8. The fourth-order valence-corrected chi connectivity index (χ4v) is 6.54. The monoisotopic (exact) mass is 598 g/mol. The van der Waals surface area contributed by atoms with Crippen molar-refractivity contribution in [2.45, 2.75) is 83.8 Å². The maximum absolute atomic E-state index is 13.8. The maximum atomic E-state index is 13.8. The molecule has 3 fully saturated rings. The van der Waals surface area contributed by atoms with Crippen LogP contribution in [0.15, 0.2) is 57.7 Å². The molecular formula is C32H47BrN4O2. The Balaban J connectivity index is 1.37. The Kier molecular flexibility index (Phi) is 10.1. The molecular weight excluding hydrogens is 552 g/mol. The fraction of sp³-hybridized carbons (Fsp3) is 0.625. The molecule has 0 aromatic heterocycles. The Hall–Kier alpha value is -1.96. The maximum Gasteiger partial charge on any atom is 0.251 e. The number of hydrogen-bond acceptors (Lipinski definition) is 5. The summed E-state index contributed by atoms with van der Waals surface area (Å²) in [6, 6.07) is 9.11. The van der Waals surface area contributed by atoms with Crippen molar-refractivity contribution in [3.8, 4) is 0 Å². The predicted molar refractivity (Wildman–Crippen MR) is 164 cm³/mol. The Morgan fingerprint density at radius 2 is 1.79 bits per heavy atom. The van der Waals surface area contributed by atoms with Gasteiger partial charge in [0.2, 0.25) is 0 Å². The molecule has 1 amide bonds. The molecule has 2 aliphatic heterocycles. The summed E-state index contributed by atoms with van der Waals surface area (Å²) in [4.78, 5) is 26.5. The second-order valence-electron chi connectivity index (χ2n) is 11.8. The van der Waals surface area contributed by atoms with E-state index in [1.54, 1.807) is 0 Å². The minimum Gasteiger partial charge on any atom is -0.396 e. The van der Waals surface area contributed by atoms with Crippen LogP contribution in [0.4, 0.5) is 0 Å². The number of allylic oxidation sites excluding steroid dienone is 2. The Bertz CT molecular complexity index is 1060. The number of carbonyl (C=O) groups excluding carboxylic acids is 1. The first-order valence-corrected chi connectivity index (χ1v) is 15.5. The molecule has 4 rings (SSSR count). The number of halogens is 1. The van der Waals surface area contributed by atoms with Crippen molar-refractivity contribution in [2.75, 3.05) is 39.8 Å². The van der Waals surface area contributed by atoms with Crippen LogP contribution < -0.4 is 0 Å². The minimum absolute atomic E-state index is 0.105. The number of rotatable bonds is 10. The van der Waals surface area contributed by atoms with Gasteiger partial charge in [0, 0.05) is 46.7 Å². The minimum atomic E-state index is 0.105. The standard InChI is InChI=1S/C32H47BrN4O2/c1-7-23(3)29(24(4)35(6)28-13-14-28)31(38)36-21-17-32(5,18-22-36)37-19-15-26(16-20-37)30(34-39-8-2)25-9-11-27(33)12-10-25/h7,9-12,24,26,28H,1,8,13-22H2,2-6H3/b29-23+,34-30+. The van der Waals surface area contributed by atoms with Crippen LogP contribution in [0.3, 0.4) is 0 Å². The number of piperidine rings is 2. The fourth-order valence-electron chi connectivity index (χ4n) is 6.28. The van der Waals surface area contributed by atoms with E-state index in [9.17, 15) is 4.79 Å². The highest BCUT2D eigenvalue weighted by molar-refractivity contribution is 9.10. The number of likely N-dealkylation sites (tertiary alicyclic amines) is 2. The Labute approximate surface area is 244 Å². The van der Waals surface area contributed by atoms with E-state index < -0.39 is 0 Å². The van der Waals surface area contributed by atoms with Gasteiger partial charge in [0.05, 0.1) is 5.71 Å². The van der Waals surface area contributed by atoms with E-state index in [1.807, 2.05) is 19.9 Å². The van der Waals surface area contributed by atoms with Gasteiger partial charge in [-0.05, 0) is 110 Å². The van der Waals surface area contributed by atoms with E-state index in [2.05, 4.69) is 87.5 Å². The average Bonchev–Trinajstić information content (AvgIpc) is 3.80. The van der Waals surface area contributed by atoms with Gasteiger partial charge in [-0.25, -0.2) is 0 Å². The van der Waals surface area contributed by atoms with E-state index >= 15 is 0 Å². The summed E-state index contributed by atoms with van der Waals surface area (Å²) in [6.07, 6.45) is 8.45. The van der Waals surface area contributed by atoms with Gasteiger partial charge in [0.1, 0.15) is 6.61 Å². The van der Waals surface area contributed by atoms with Crippen molar-refractivity contribution in [2.24, 2.45) is 11.1 Å². The van der Waals surface area contributed by atoms with E-state index in [1.165, 1.54) is 12.8 Å². The van der Waals surface area contributed by atoms with Crippen molar-refractivity contribution in [1.29, 1.82) is 0 Å². The van der Waals surface area contributed by atoms with Crippen molar-refractivity contribution < 1.29 is 9.63 Å². The van der Waals surface area contributed by atoms with Crippen LogP contribution in [0.25, 0.3) is 0 Å². The second-order valence-corrected chi connectivity index (χ2v) is 12.7. The van der Waals surface area contributed by atoms with Crippen LogP contribution in [0, 0.1) is 5.92 Å². The summed E-state index contributed by atoms with van der Waals surface area (Å²) in [7, 11) is 2.16. The first-order valence-electron chi connectivity index (χ1n) is 14.7. The number of benzene rings is 1. The van der Waals surface area contributed by atoms with Gasteiger partial charge in [0.25, 0.3) is 5.91 Å². The topological polar surface area (TPSA) is 48.4 Å². The van der Waals surface area contributed by atoms with Crippen molar-refractivity contribution >= 4 is 27.5 Å². The lowest BCUT2D eigenvalue weighted by atomic mass is 9.82. The largest absolute Gasteiger partial charge is 0.396 e. The molecule has 7 heteroatoms. The van der Waals surface area contributed by atoms with Gasteiger partial charge < -0.3 is 9.74 Å². The van der Waals surface area contributed by atoms with Crippen LogP contribution in [0.2, 0.25) is 0 Å².